The van der Waals surface area contributed by atoms with Gasteiger partial charge in [-0.1, -0.05) is 30.3 Å². The Morgan fingerprint density at radius 2 is 2.06 bits per heavy atom. The number of nitrogens with one attached hydrogen (secondary N) is 1. The Balaban J connectivity index is 1.82. The van der Waals surface area contributed by atoms with Crippen molar-refractivity contribution >= 4 is 12.0 Å². The second-order valence-electron chi connectivity index (χ2n) is 4.13. The van der Waals surface area contributed by atoms with Crippen molar-refractivity contribution in [3.05, 3.63) is 35.9 Å². The first-order valence-corrected chi connectivity index (χ1v) is 5.98. The first-order valence-electron chi connectivity index (χ1n) is 5.98. The third-order valence-corrected chi connectivity index (χ3v) is 2.78. The summed E-state index contributed by atoms with van der Waals surface area (Å²) in [7, 11) is 0. The van der Waals surface area contributed by atoms with Crippen LogP contribution in [0.15, 0.2) is 30.3 Å². The summed E-state index contributed by atoms with van der Waals surface area (Å²) < 4.78 is 5.21. The van der Waals surface area contributed by atoms with Gasteiger partial charge in [0, 0.05) is 26.1 Å². The predicted molar refractivity (Wildman–Crippen MR) is 65.8 cm³/mol. The molecule has 0 radical (unpaired) electrons. The van der Waals surface area contributed by atoms with E-state index in [9.17, 15) is 9.59 Å². The molecule has 1 aromatic rings. The maximum atomic E-state index is 11.8. The van der Waals surface area contributed by atoms with Gasteiger partial charge in [0.2, 0.25) is 5.91 Å². The Labute approximate surface area is 106 Å². The molecule has 5 nitrogen and oxygen atoms in total. The lowest BCUT2D eigenvalue weighted by molar-refractivity contribution is -0.120. The summed E-state index contributed by atoms with van der Waals surface area (Å²) in [6, 6.07) is 9.52. The van der Waals surface area contributed by atoms with Crippen molar-refractivity contribution in [2.75, 3.05) is 19.6 Å². The molecule has 0 aromatic heterocycles. The molecule has 96 valence electrons. The van der Waals surface area contributed by atoms with E-state index >= 15 is 0 Å². The van der Waals surface area contributed by atoms with Crippen molar-refractivity contribution in [2.24, 2.45) is 0 Å². The van der Waals surface area contributed by atoms with Gasteiger partial charge in [-0.2, -0.15) is 0 Å². The van der Waals surface area contributed by atoms with E-state index in [0.29, 0.717) is 26.1 Å². The first-order chi connectivity index (χ1) is 8.75. The van der Waals surface area contributed by atoms with Gasteiger partial charge in [-0.15, -0.1) is 0 Å². The third-order valence-electron chi connectivity index (χ3n) is 2.78. The lowest BCUT2D eigenvalue weighted by atomic mass is 10.2. The molecule has 0 unspecified atom stereocenters. The largest absolute Gasteiger partial charge is 0.445 e. The number of ether oxygens (including phenoxy) is 1. The monoisotopic (exact) mass is 248 g/mol. The van der Waals surface area contributed by atoms with Crippen molar-refractivity contribution in [2.45, 2.75) is 13.0 Å². The minimum absolute atomic E-state index is 0.0200. The highest BCUT2D eigenvalue weighted by atomic mass is 16.6. The average Bonchev–Trinajstić information content (AvgIpc) is 2.62. The number of benzene rings is 1. The molecule has 0 aliphatic carbocycles. The van der Waals surface area contributed by atoms with E-state index in [1.165, 1.54) is 0 Å². The van der Waals surface area contributed by atoms with Crippen LogP contribution >= 0.6 is 0 Å². The highest BCUT2D eigenvalue weighted by Crippen LogP contribution is 2.04. The van der Waals surface area contributed by atoms with Crippen LogP contribution in [0.1, 0.15) is 12.0 Å². The number of amides is 2. The zero-order chi connectivity index (χ0) is 12.8. The molecule has 2 rings (SSSR count). The Morgan fingerprint density at radius 1 is 1.28 bits per heavy atom. The molecule has 2 amide bonds. The second-order valence-corrected chi connectivity index (χ2v) is 4.13. The van der Waals surface area contributed by atoms with E-state index < -0.39 is 0 Å². The van der Waals surface area contributed by atoms with Crippen LogP contribution in [0.2, 0.25) is 0 Å². The van der Waals surface area contributed by atoms with Crippen LogP contribution < -0.4 is 5.32 Å². The Hall–Kier alpha value is -2.04. The lowest BCUT2D eigenvalue weighted by Gasteiger charge is -2.18. The van der Waals surface area contributed by atoms with Crippen LogP contribution in [-0.4, -0.2) is 36.5 Å². The molecule has 1 aromatic carbocycles. The minimum Gasteiger partial charge on any atom is -0.445 e. The zero-order valence-corrected chi connectivity index (χ0v) is 10.1. The zero-order valence-electron chi connectivity index (χ0n) is 10.1. The van der Waals surface area contributed by atoms with Crippen molar-refractivity contribution in [1.29, 1.82) is 0 Å². The topological polar surface area (TPSA) is 58.6 Å². The van der Waals surface area contributed by atoms with Crippen molar-refractivity contribution in [3.63, 3.8) is 0 Å². The fourth-order valence-electron chi connectivity index (χ4n) is 1.76. The first kappa shape index (κ1) is 12.4. The molecule has 1 N–H and O–H groups in total. The van der Waals surface area contributed by atoms with Gasteiger partial charge >= 0.3 is 6.09 Å². The van der Waals surface area contributed by atoms with Gasteiger partial charge in [0.1, 0.15) is 6.61 Å². The lowest BCUT2D eigenvalue weighted by Crippen LogP contribution is -2.34. The molecule has 1 aliphatic heterocycles. The highest BCUT2D eigenvalue weighted by molar-refractivity contribution is 5.77. The molecule has 0 atom stereocenters. The van der Waals surface area contributed by atoms with E-state index in [-0.39, 0.29) is 18.6 Å². The summed E-state index contributed by atoms with van der Waals surface area (Å²) in [6.45, 7) is 1.66. The molecular weight excluding hydrogens is 232 g/mol. The third kappa shape index (κ3) is 3.48. The van der Waals surface area contributed by atoms with Crippen LogP contribution in [0.3, 0.4) is 0 Å². The van der Waals surface area contributed by atoms with E-state index in [0.717, 1.165) is 5.56 Å². The molecule has 1 saturated heterocycles. The normalized spacial score (nSPS) is 15.8. The molecule has 1 fully saturated rings. The summed E-state index contributed by atoms with van der Waals surface area (Å²) in [5, 5.41) is 2.71. The SMILES string of the molecule is O=C1CCN(C(=O)OCc2ccccc2)CCN1. The summed E-state index contributed by atoms with van der Waals surface area (Å²) in [5.74, 6) is -0.0200. The molecule has 1 aliphatic rings. The molecule has 0 spiro atoms. The molecule has 0 bridgehead atoms. The van der Waals surface area contributed by atoms with Gasteiger partial charge in [0.15, 0.2) is 0 Å². The van der Waals surface area contributed by atoms with Gasteiger partial charge in [-0.3, -0.25) is 4.79 Å². The molecule has 1 heterocycles. The van der Waals surface area contributed by atoms with Crippen LogP contribution in [0.4, 0.5) is 4.79 Å². The Kier molecular flexibility index (Phi) is 4.17. The van der Waals surface area contributed by atoms with Crippen molar-refractivity contribution < 1.29 is 14.3 Å². The van der Waals surface area contributed by atoms with E-state index in [4.69, 9.17) is 4.74 Å². The quantitative estimate of drug-likeness (QED) is 0.854. The fraction of sp³-hybridized carbons (Fsp3) is 0.385. The van der Waals surface area contributed by atoms with Crippen LogP contribution in [0.5, 0.6) is 0 Å². The second kappa shape index (κ2) is 6.05. The van der Waals surface area contributed by atoms with Gasteiger partial charge < -0.3 is 15.0 Å². The summed E-state index contributed by atoms with van der Waals surface area (Å²) in [5.41, 5.74) is 0.954. The Bertz CT molecular complexity index is 420. The van der Waals surface area contributed by atoms with Gasteiger partial charge in [-0.05, 0) is 5.56 Å². The summed E-state index contributed by atoms with van der Waals surface area (Å²) in [6.07, 6.45) is -0.0316. The number of hydrogen-bond acceptors (Lipinski definition) is 3. The van der Waals surface area contributed by atoms with Crippen molar-refractivity contribution in [1.82, 2.24) is 10.2 Å². The number of rotatable bonds is 2. The maximum absolute atomic E-state index is 11.8. The molecule has 0 saturated carbocycles. The molecule has 18 heavy (non-hydrogen) atoms. The number of carbonyl (C=O) groups is 2. The molecule has 5 heteroatoms. The van der Waals surface area contributed by atoms with Gasteiger partial charge in [0.25, 0.3) is 0 Å². The number of carbonyl (C=O) groups excluding carboxylic acids is 2. The average molecular weight is 248 g/mol. The summed E-state index contributed by atoms with van der Waals surface area (Å²) in [4.78, 5) is 24.5. The van der Waals surface area contributed by atoms with Crippen LogP contribution in [0.25, 0.3) is 0 Å². The van der Waals surface area contributed by atoms with E-state index in [1.54, 1.807) is 4.90 Å². The number of hydrogen-bond donors (Lipinski definition) is 1. The van der Waals surface area contributed by atoms with E-state index in [1.807, 2.05) is 30.3 Å². The highest BCUT2D eigenvalue weighted by Gasteiger charge is 2.19. The summed E-state index contributed by atoms with van der Waals surface area (Å²) >= 11 is 0. The number of nitrogens with zero attached hydrogens (tertiary/aromatic N) is 1. The fourth-order valence-corrected chi connectivity index (χ4v) is 1.76. The Morgan fingerprint density at radius 3 is 2.83 bits per heavy atom. The van der Waals surface area contributed by atoms with E-state index in [2.05, 4.69) is 5.32 Å². The van der Waals surface area contributed by atoms with Crippen LogP contribution in [0, 0.1) is 0 Å². The maximum Gasteiger partial charge on any atom is 0.410 e. The predicted octanol–water partition coefficient (Wildman–Crippen LogP) is 1.15. The standard InChI is InChI=1S/C13H16N2O3/c16-12-6-8-15(9-7-14-12)13(17)18-10-11-4-2-1-3-5-11/h1-5H,6-10H2,(H,14,16). The minimum atomic E-state index is -0.365. The smallest absolute Gasteiger partial charge is 0.410 e. The van der Waals surface area contributed by atoms with Gasteiger partial charge in [0.05, 0.1) is 0 Å². The van der Waals surface area contributed by atoms with Crippen LogP contribution in [-0.2, 0) is 16.1 Å². The van der Waals surface area contributed by atoms with Crippen molar-refractivity contribution in [3.8, 4) is 0 Å². The van der Waals surface area contributed by atoms with Gasteiger partial charge in [-0.25, -0.2) is 4.79 Å². The molecular formula is C13H16N2O3.